The van der Waals surface area contributed by atoms with Gasteiger partial charge >= 0.3 is 0 Å². The van der Waals surface area contributed by atoms with E-state index in [1.807, 2.05) is 4.90 Å². The molecule has 1 aliphatic carbocycles. The van der Waals surface area contributed by atoms with Gasteiger partial charge in [0.25, 0.3) is 5.91 Å². The molecule has 0 aromatic heterocycles. The molecule has 3 nitrogen and oxygen atoms in total. The number of hydrogen-bond acceptors (Lipinski definition) is 2. The average molecular weight is 345 g/mol. The van der Waals surface area contributed by atoms with E-state index >= 15 is 0 Å². The molecule has 1 amide bonds. The lowest BCUT2D eigenvalue weighted by Crippen LogP contribution is -2.31. The summed E-state index contributed by atoms with van der Waals surface area (Å²) in [5, 5.41) is 10.5. The molecule has 3 atom stereocenters. The van der Waals surface area contributed by atoms with Crippen molar-refractivity contribution in [2.24, 2.45) is 11.8 Å². The number of likely N-dealkylation sites (tertiary alicyclic amines) is 1. The molecule has 1 saturated heterocycles. The zero-order valence-electron chi connectivity index (χ0n) is 10.4. The number of aliphatic hydroxyl groups excluding tert-OH is 1. The third-order valence-corrected chi connectivity index (χ3v) is 5.19. The van der Waals surface area contributed by atoms with Gasteiger partial charge in [-0.05, 0) is 52.9 Å². The Hall–Kier alpha value is -0.580. The molecule has 3 unspecified atom stereocenters. The van der Waals surface area contributed by atoms with Crippen molar-refractivity contribution < 1.29 is 9.90 Å². The van der Waals surface area contributed by atoms with Gasteiger partial charge in [-0.2, -0.15) is 0 Å². The Kier molecular flexibility index (Phi) is 3.58. The summed E-state index contributed by atoms with van der Waals surface area (Å²) < 4.78 is 0.763. The molecule has 1 heterocycles. The standard InChI is InChI=1S/C14H15BrClNO2/c15-12-3-2-9(16)5-10(12)14(19)17-6-8-1-4-13(18)11(8)7-17/h2-3,5,8,11,13,18H,1,4,6-7H2. The summed E-state index contributed by atoms with van der Waals surface area (Å²) in [6, 6.07) is 5.24. The van der Waals surface area contributed by atoms with Crippen molar-refractivity contribution >= 4 is 33.4 Å². The van der Waals surface area contributed by atoms with E-state index in [0.717, 1.165) is 23.9 Å². The molecule has 2 fully saturated rings. The van der Waals surface area contributed by atoms with E-state index in [2.05, 4.69) is 15.9 Å². The number of hydrogen-bond donors (Lipinski definition) is 1. The van der Waals surface area contributed by atoms with Crippen LogP contribution in [0.3, 0.4) is 0 Å². The van der Waals surface area contributed by atoms with Crippen LogP contribution in [0.25, 0.3) is 0 Å². The van der Waals surface area contributed by atoms with Crippen LogP contribution in [0.1, 0.15) is 23.2 Å². The smallest absolute Gasteiger partial charge is 0.255 e. The topological polar surface area (TPSA) is 40.5 Å². The normalized spacial score (nSPS) is 29.6. The fourth-order valence-corrected chi connectivity index (χ4v) is 3.82. The van der Waals surface area contributed by atoms with Crippen LogP contribution in [0.2, 0.25) is 5.02 Å². The molecule has 19 heavy (non-hydrogen) atoms. The summed E-state index contributed by atoms with van der Waals surface area (Å²) in [6.45, 7) is 1.41. The SMILES string of the molecule is O=C(c1cc(Cl)ccc1Br)N1CC2CCC(O)C2C1. The van der Waals surface area contributed by atoms with Gasteiger partial charge in [0.05, 0.1) is 11.7 Å². The van der Waals surface area contributed by atoms with Crippen LogP contribution in [0.4, 0.5) is 0 Å². The van der Waals surface area contributed by atoms with Gasteiger partial charge < -0.3 is 10.0 Å². The highest BCUT2D eigenvalue weighted by Crippen LogP contribution is 2.39. The lowest BCUT2D eigenvalue weighted by molar-refractivity contribution is 0.0751. The first kappa shape index (κ1) is 13.4. The highest BCUT2D eigenvalue weighted by Gasteiger charge is 2.43. The van der Waals surface area contributed by atoms with Gasteiger partial charge in [-0.15, -0.1) is 0 Å². The number of rotatable bonds is 1. The van der Waals surface area contributed by atoms with Gasteiger partial charge in [0.15, 0.2) is 0 Å². The van der Waals surface area contributed by atoms with Crippen LogP contribution in [-0.4, -0.2) is 35.1 Å². The van der Waals surface area contributed by atoms with E-state index in [0.29, 0.717) is 23.0 Å². The maximum Gasteiger partial charge on any atom is 0.255 e. The van der Waals surface area contributed by atoms with Gasteiger partial charge in [0.2, 0.25) is 0 Å². The Morgan fingerprint density at radius 1 is 1.37 bits per heavy atom. The van der Waals surface area contributed by atoms with Crippen LogP contribution in [0.15, 0.2) is 22.7 Å². The maximum absolute atomic E-state index is 12.5. The van der Waals surface area contributed by atoms with Crippen molar-refractivity contribution in [2.75, 3.05) is 13.1 Å². The van der Waals surface area contributed by atoms with Crippen molar-refractivity contribution in [2.45, 2.75) is 18.9 Å². The first-order chi connectivity index (χ1) is 9.06. The molecule has 1 aliphatic heterocycles. The Morgan fingerprint density at radius 2 is 2.16 bits per heavy atom. The first-order valence-electron chi connectivity index (χ1n) is 6.48. The average Bonchev–Trinajstić information content (AvgIpc) is 2.94. The van der Waals surface area contributed by atoms with Gasteiger partial charge in [0, 0.05) is 28.5 Å². The fraction of sp³-hybridized carbons (Fsp3) is 0.500. The van der Waals surface area contributed by atoms with Crippen molar-refractivity contribution in [1.29, 1.82) is 0 Å². The van der Waals surface area contributed by atoms with Gasteiger partial charge in [-0.1, -0.05) is 11.6 Å². The Morgan fingerprint density at radius 3 is 2.89 bits per heavy atom. The molecule has 0 spiro atoms. The minimum atomic E-state index is -0.245. The summed E-state index contributed by atoms with van der Waals surface area (Å²) in [7, 11) is 0. The lowest BCUT2D eigenvalue weighted by atomic mass is 10.00. The number of aliphatic hydroxyl groups is 1. The number of nitrogens with zero attached hydrogens (tertiary/aromatic N) is 1. The van der Waals surface area contributed by atoms with Gasteiger partial charge in [-0.3, -0.25) is 4.79 Å². The molecule has 1 aromatic carbocycles. The predicted molar refractivity (Wildman–Crippen MR) is 77.3 cm³/mol. The summed E-state index contributed by atoms with van der Waals surface area (Å²) in [5.41, 5.74) is 0.599. The zero-order chi connectivity index (χ0) is 13.6. The van der Waals surface area contributed by atoms with E-state index in [1.165, 1.54) is 0 Å². The minimum absolute atomic E-state index is 0.00373. The third-order valence-electron chi connectivity index (χ3n) is 4.27. The summed E-state index contributed by atoms with van der Waals surface area (Å²) in [6.07, 6.45) is 1.65. The molecule has 0 radical (unpaired) electrons. The Bertz CT molecular complexity index is 522. The fourth-order valence-electron chi connectivity index (χ4n) is 3.23. The van der Waals surface area contributed by atoms with E-state index in [4.69, 9.17) is 11.6 Å². The van der Waals surface area contributed by atoms with Crippen LogP contribution in [0.5, 0.6) is 0 Å². The maximum atomic E-state index is 12.5. The monoisotopic (exact) mass is 343 g/mol. The third kappa shape index (κ3) is 2.41. The second kappa shape index (κ2) is 5.08. The number of fused-ring (bicyclic) bond motifs is 1. The first-order valence-corrected chi connectivity index (χ1v) is 7.66. The molecule has 1 N–H and O–H groups in total. The molecule has 0 bridgehead atoms. The minimum Gasteiger partial charge on any atom is -0.393 e. The highest BCUT2D eigenvalue weighted by atomic mass is 79.9. The number of carbonyl (C=O) groups is 1. The molecule has 3 rings (SSSR count). The van der Waals surface area contributed by atoms with Gasteiger partial charge in [0.1, 0.15) is 0 Å². The van der Waals surface area contributed by atoms with E-state index < -0.39 is 0 Å². The van der Waals surface area contributed by atoms with Crippen LogP contribution in [0, 0.1) is 11.8 Å². The van der Waals surface area contributed by atoms with Crippen molar-refractivity contribution in [3.8, 4) is 0 Å². The summed E-state index contributed by atoms with van der Waals surface area (Å²) in [4.78, 5) is 14.4. The van der Waals surface area contributed by atoms with Crippen LogP contribution < -0.4 is 0 Å². The lowest BCUT2D eigenvalue weighted by Gasteiger charge is -2.19. The van der Waals surface area contributed by atoms with E-state index in [-0.39, 0.29) is 17.9 Å². The van der Waals surface area contributed by atoms with E-state index in [1.54, 1.807) is 18.2 Å². The summed E-state index contributed by atoms with van der Waals surface area (Å²) >= 11 is 9.35. The highest BCUT2D eigenvalue weighted by molar-refractivity contribution is 9.10. The van der Waals surface area contributed by atoms with E-state index in [9.17, 15) is 9.90 Å². The second-order valence-corrected chi connectivity index (χ2v) is 6.69. The van der Waals surface area contributed by atoms with Gasteiger partial charge in [-0.25, -0.2) is 0 Å². The molecule has 102 valence electrons. The molecule has 2 aliphatic rings. The number of carbonyl (C=O) groups excluding carboxylic acids is 1. The molecular formula is C14H15BrClNO2. The number of benzene rings is 1. The summed E-state index contributed by atoms with van der Waals surface area (Å²) in [5.74, 6) is 0.704. The van der Waals surface area contributed by atoms with Crippen LogP contribution >= 0.6 is 27.5 Å². The molecule has 5 heteroatoms. The quantitative estimate of drug-likeness (QED) is 0.851. The van der Waals surface area contributed by atoms with Crippen molar-refractivity contribution in [3.63, 3.8) is 0 Å². The molecule has 1 aromatic rings. The molecular weight excluding hydrogens is 330 g/mol. The molecule has 1 saturated carbocycles. The van der Waals surface area contributed by atoms with Crippen LogP contribution in [-0.2, 0) is 0 Å². The Labute approximate surface area is 125 Å². The number of amides is 1. The van der Waals surface area contributed by atoms with Crippen molar-refractivity contribution in [1.82, 2.24) is 4.90 Å². The zero-order valence-corrected chi connectivity index (χ0v) is 12.7. The predicted octanol–water partition coefficient (Wildman–Crippen LogP) is 2.95. The Balaban J connectivity index is 1.80. The second-order valence-electron chi connectivity index (χ2n) is 5.40. The van der Waals surface area contributed by atoms with Crippen molar-refractivity contribution in [3.05, 3.63) is 33.3 Å². The largest absolute Gasteiger partial charge is 0.393 e. The number of halogens is 2.